The number of hydrogen-bond donors (Lipinski definition) is 2. The maximum Gasteiger partial charge on any atom is 0.307 e. The number of ether oxygens (including phenoxy) is 1. The van der Waals surface area contributed by atoms with E-state index in [1.165, 1.54) is 16.7 Å². The third-order valence-corrected chi connectivity index (χ3v) is 5.45. The Bertz CT molecular complexity index is 1020. The van der Waals surface area contributed by atoms with Gasteiger partial charge in [-0.25, -0.2) is 4.98 Å². The summed E-state index contributed by atoms with van der Waals surface area (Å²) in [4.78, 5) is 15.7. The van der Waals surface area contributed by atoms with Crippen molar-refractivity contribution >= 4 is 11.8 Å². The molecule has 154 valence electrons. The molecule has 0 amide bonds. The van der Waals surface area contributed by atoms with Crippen molar-refractivity contribution in [3.8, 4) is 5.75 Å². The summed E-state index contributed by atoms with van der Waals surface area (Å²) in [6.07, 6.45) is 5.23. The summed E-state index contributed by atoms with van der Waals surface area (Å²) in [6.45, 7) is 1.32. The summed E-state index contributed by atoms with van der Waals surface area (Å²) in [6, 6.07) is 18.2. The van der Waals surface area contributed by atoms with E-state index in [1.807, 2.05) is 24.3 Å². The summed E-state index contributed by atoms with van der Waals surface area (Å²) < 4.78 is 6.01. The SMILES string of the molecule is O=C(O)Cc1cc(OCCCNc2ccccn2)cc2c1CCc1ccccc1C2. The van der Waals surface area contributed by atoms with Crippen LogP contribution in [0.1, 0.15) is 34.2 Å². The number of aromatic nitrogens is 1. The molecule has 5 heteroatoms. The van der Waals surface area contributed by atoms with Gasteiger partial charge in [0.2, 0.25) is 0 Å². The minimum Gasteiger partial charge on any atom is -0.494 e. The quantitative estimate of drug-likeness (QED) is 0.551. The number of nitrogens with one attached hydrogen (secondary N) is 1. The van der Waals surface area contributed by atoms with Gasteiger partial charge in [-0.3, -0.25) is 4.79 Å². The number of carbonyl (C=O) groups is 1. The zero-order valence-electron chi connectivity index (χ0n) is 16.9. The van der Waals surface area contributed by atoms with E-state index in [0.717, 1.165) is 54.9 Å². The molecule has 1 heterocycles. The number of aliphatic carboxylic acids is 1. The van der Waals surface area contributed by atoms with Crippen molar-refractivity contribution in [2.24, 2.45) is 0 Å². The smallest absolute Gasteiger partial charge is 0.307 e. The number of nitrogens with zero attached hydrogens (tertiary/aromatic N) is 1. The highest BCUT2D eigenvalue weighted by Crippen LogP contribution is 2.31. The molecule has 0 aliphatic heterocycles. The van der Waals surface area contributed by atoms with Crippen LogP contribution in [0.5, 0.6) is 5.75 Å². The van der Waals surface area contributed by atoms with Gasteiger partial charge in [0.15, 0.2) is 0 Å². The normalized spacial score (nSPS) is 12.4. The number of carboxylic acid groups (broad SMARTS) is 1. The molecule has 5 nitrogen and oxygen atoms in total. The Balaban J connectivity index is 1.45. The molecule has 0 saturated carbocycles. The molecule has 0 radical (unpaired) electrons. The zero-order chi connectivity index (χ0) is 20.8. The molecular formula is C25H26N2O3. The highest BCUT2D eigenvalue weighted by Gasteiger charge is 2.19. The molecule has 3 aromatic rings. The summed E-state index contributed by atoms with van der Waals surface area (Å²) in [5, 5.41) is 12.7. The Kier molecular flexibility index (Phi) is 6.28. The second-order valence-electron chi connectivity index (χ2n) is 7.58. The topological polar surface area (TPSA) is 71.5 Å². The highest BCUT2D eigenvalue weighted by molar-refractivity contribution is 5.71. The number of anilines is 1. The number of fused-ring (bicyclic) bond motifs is 2. The van der Waals surface area contributed by atoms with Crippen LogP contribution >= 0.6 is 0 Å². The lowest BCUT2D eigenvalue weighted by Gasteiger charge is -2.15. The molecule has 2 N–H and O–H groups in total. The van der Waals surface area contributed by atoms with E-state index in [-0.39, 0.29) is 6.42 Å². The maximum absolute atomic E-state index is 11.4. The van der Waals surface area contributed by atoms with E-state index in [9.17, 15) is 9.90 Å². The molecule has 0 fully saturated rings. The van der Waals surface area contributed by atoms with Crippen molar-refractivity contribution in [1.82, 2.24) is 4.98 Å². The highest BCUT2D eigenvalue weighted by atomic mass is 16.5. The van der Waals surface area contributed by atoms with E-state index >= 15 is 0 Å². The van der Waals surface area contributed by atoms with Crippen molar-refractivity contribution in [2.75, 3.05) is 18.5 Å². The zero-order valence-corrected chi connectivity index (χ0v) is 16.9. The second-order valence-corrected chi connectivity index (χ2v) is 7.58. The van der Waals surface area contributed by atoms with E-state index in [0.29, 0.717) is 6.61 Å². The molecule has 1 aromatic heterocycles. The average Bonchev–Trinajstić information content (AvgIpc) is 2.93. The third-order valence-electron chi connectivity index (χ3n) is 5.45. The number of hydrogen-bond acceptors (Lipinski definition) is 4. The molecule has 0 saturated heterocycles. The van der Waals surface area contributed by atoms with Gasteiger partial charge in [-0.05, 0) is 77.8 Å². The predicted molar refractivity (Wildman–Crippen MR) is 117 cm³/mol. The van der Waals surface area contributed by atoms with Gasteiger partial charge in [0, 0.05) is 12.7 Å². The Hall–Kier alpha value is -3.34. The van der Waals surface area contributed by atoms with Crippen LogP contribution in [0, 0.1) is 0 Å². The minimum atomic E-state index is -0.810. The second kappa shape index (κ2) is 9.44. The van der Waals surface area contributed by atoms with Gasteiger partial charge in [0.1, 0.15) is 11.6 Å². The molecular weight excluding hydrogens is 376 g/mol. The van der Waals surface area contributed by atoms with E-state index in [4.69, 9.17) is 4.74 Å². The van der Waals surface area contributed by atoms with E-state index in [2.05, 4.69) is 40.6 Å². The Labute approximate surface area is 176 Å². The number of rotatable bonds is 8. The average molecular weight is 402 g/mol. The van der Waals surface area contributed by atoms with Crippen LogP contribution in [0.4, 0.5) is 5.82 Å². The monoisotopic (exact) mass is 402 g/mol. The van der Waals surface area contributed by atoms with Crippen LogP contribution in [0.15, 0.2) is 60.8 Å². The first kappa shape index (κ1) is 20.0. The van der Waals surface area contributed by atoms with E-state index < -0.39 is 5.97 Å². The maximum atomic E-state index is 11.4. The van der Waals surface area contributed by atoms with Crippen molar-refractivity contribution in [3.05, 3.63) is 88.6 Å². The van der Waals surface area contributed by atoms with Gasteiger partial charge in [0.25, 0.3) is 0 Å². The molecule has 1 aliphatic carbocycles. The number of carboxylic acids is 1. The van der Waals surface area contributed by atoms with Crippen LogP contribution < -0.4 is 10.1 Å². The third kappa shape index (κ3) is 4.98. The number of benzene rings is 2. The van der Waals surface area contributed by atoms with Crippen LogP contribution in [0.2, 0.25) is 0 Å². The lowest BCUT2D eigenvalue weighted by atomic mass is 9.94. The Morgan fingerprint density at radius 1 is 1.03 bits per heavy atom. The molecule has 4 rings (SSSR count). The summed E-state index contributed by atoms with van der Waals surface area (Å²) in [5.41, 5.74) is 5.87. The van der Waals surface area contributed by atoms with Crippen molar-refractivity contribution in [2.45, 2.75) is 32.1 Å². The van der Waals surface area contributed by atoms with Crippen molar-refractivity contribution in [1.29, 1.82) is 0 Å². The molecule has 0 spiro atoms. The van der Waals surface area contributed by atoms with Crippen LogP contribution in [0.3, 0.4) is 0 Å². The summed E-state index contributed by atoms with van der Waals surface area (Å²) in [5.74, 6) is 0.794. The first-order chi connectivity index (χ1) is 14.7. The lowest BCUT2D eigenvalue weighted by molar-refractivity contribution is -0.136. The van der Waals surface area contributed by atoms with Gasteiger partial charge >= 0.3 is 5.97 Å². The van der Waals surface area contributed by atoms with Crippen LogP contribution in [-0.4, -0.2) is 29.2 Å². The summed E-state index contributed by atoms with van der Waals surface area (Å²) >= 11 is 0. The lowest BCUT2D eigenvalue weighted by Crippen LogP contribution is -2.10. The summed E-state index contributed by atoms with van der Waals surface area (Å²) in [7, 11) is 0. The molecule has 0 unspecified atom stereocenters. The predicted octanol–water partition coefficient (Wildman–Crippen LogP) is 4.28. The fraction of sp³-hybridized carbons (Fsp3) is 0.280. The standard InChI is InChI=1S/C25H26N2O3/c28-25(29)17-21-16-22(30-13-5-12-27-24-8-3-4-11-26-24)15-20-14-19-7-2-1-6-18(19)9-10-23(20)21/h1-4,6-8,11,15-16H,5,9-10,12-14,17H2,(H,26,27)(H,28,29). The fourth-order valence-electron chi connectivity index (χ4n) is 4.03. The first-order valence-electron chi connectivity index (χ1n) is 10.4. The van der Waals surface area contributed by atoms with Crippen molar-refractivity contribution in [3.63, 3.8) is 0 Å². The van der Waals surface area contributed by atoms with Gasteiger partial charge < -0.3 is 15.2 Å². The van der Waals surface area contributed by atoms with Gasteiger partial charge in [-0.2, -0.15) is 0 Å². The minimum absolute atomic E-state index is 0.0249. The van der Waals surface area contributed by atoms with Crippen LogP contribution in [0.25, 0.3) is 0 Å². The number of pyridine rings is 1. The fourth-order valence-corrected chi connectivity index (χ4v) is 4.03. The first-order valence-corrected chi connectivity index (χ1v) is 10.4. The van der Waals surface area contributed by atoms with Gasteiger partial charge in [-0.15, -0.1) is 0 Å². The van der Waals surface area contributed by atoms with Crippen LogP contribution in [-0.2, 0) is 30.5 Å². The molecule has 1 aliphatic rings. The molecule has 0 bridgehead atoms. The molecule has 30 heavy (non-hydrogen) atoms. The molecule has 0 atom stereocenters. The van der Waals surface area contributed by atoms with Gasteiger partial charge in [-0.1, -0.05) is 30.3 Å². The Morgan fingerprint density at radius 3 is 2.67 bits per heavy atom. The van der Waals surface area contributed by atoms with E-state index in [1.54, 1.807) is 6.20 Å². The van der Waals surface area contributed by atoms with Crippen molar-refractivity contribution < 1.29 is 14.6 Å². The van der Waals surface area contributed by atoms with Gasteiger partial charge in [0.05, 0.1) is 13.0 Å². The largest absolute Gasteiger partial charge is 0.494 e. The Morgan fingerprint density at radius 2 is 1.87 bits per heavy atom. The number of aryl methyl sites for hydroxylation is 1. The molecule has 2 aromatic carbocycles.